The highest BCUT2D eigenvalue weighted by molar-refractivity contribution is 5.98. The summed E-state index contributed by atoms with van der Waals surface area (Å²) in [5.74, 6) is 1.27. The zero-order valence-corrected chi connectivity index (χ0v) is 11.5. The van der Waals surface area contributed by atoms with Crippen molar-refractivity contribution in [1.29, 1.82) is 0 Å². The molecule has 0 saturated carbocycles. The smallest absolute Gasteiger partial charge is 0.254 e. The summed E-state index contributed by atoms with van der Waals surface area (Å²) in [5.41, 5.74) is 2.67. The number of hydrogen-bond donors (Lipinski definition) is 0. The highest BCUT2D eigenvalue weighted by Gasteiger charge is 2.24. The van der Waals surface area contributed by atoms with E-state index in [0.29, 0.717) is 18.2 Å². The molecule has 5 nitrogen and oxygen atoms in total. The van der Waals surface area contributed by atoms with E-state index in [-0.39, 0.29) is 5.91 Å². The molecule has 20 heavy (non-hydrogen) atoms. The Labute approximate surface area is 117 Å². The summed E-state index contributed by atoms with van der Waals surface area (Å²) in [4.78, 5) is 21.7. The lowest BCUT2D eigenvalue weighted by atomic mass is 10.1. The van der Waals surface area contributed by atoms with Crippen LogP contribution in [0.5, 0.6) is 11.6 Å². The third-order valence-electron chi connectivity index (χ3n) is 3.34. The predicted molar refractivity (Wildman–Crippen MR) is 73.7 cm³/mol. The summed E-state index contributed by atoms with van der Waals surface area (Å²) in [5, 5.41) is 0. The van der Waals surface area contributed by atoms with Crippen molar-refractivity contribution in [1.82, 2.24) is 14.9 Å². The van der Waals surface area contributed by atoms with E-state index in [9.17, 15) is 4.79 Å². The Bertz CT molecular complexity index is 670. The van der Waals surface area contributed by atoms with Crippen molar-refractivity contribution in [2.75, 3.05) is 7.05 Å². The standard InChI is InChI=1S/C15H15N3O2/c1-3-11-7-14(17-9-16-11)20-12-4-5-13-10(6-12)8-18(2)15(13)19/h4-7,9H,3,8H2,1-2H3. The first-order chi connectivity index (χ1) is 9.67. The summed E-state index contributed by atoms with van der Waals surface area (Å²) < 4.78 is 5.74. The predicted octanol–water partition coefficient (Wildman–Crippen LogP) is 2.42. The second-order valence-corrected chi connectivity index (χ2v) is 4.78. The van der Waals surface area contributed by atoms with Gasteiger partial charge >= 0.3 is 0 Å². The van der Waals surface area contributed by atoms with Gasteiger partial charge in [-0.3, -0.25) is 4.79 Å². The largest absolute Gasteiger partial charge is 0.439 e. The molecule has 0 radical (unpaired) electrons. The molecule has 1 aliphatic heterocycles. The Balaban J connectivity index is 1.86. The average molecular weight is 269 g/mol. The minimum absolute atomic E-state index is 0.0573. The maximum absolute atomic E-state index is 11.8. The molecular formula is C15H15N3O2. The molecule has 0 fully saturated rings. The summed E-state index contributed by atoms with van der Waals surface area (Å²) in [7, 11) is 1.79. The number of ether oxygens (including phenoxy) is 1. The fraction of sp³-hybridized carbons (Fsp3) is 0.267. The van der Waals surface area contributed by atoms with Crippen molar-refractivity contribution in [3.05, 3.63) is 47.4 Å². The van der Waals surface area contributed by atoms with Crippen LogP contribution in [0.4, 0.5) is 0 Å². The third-order valence-corrected chi connectivity index (χ3v) is 3.34. The number of fused-ring (bicyclic) bond motifs is 1. The Kier molecular flexibility index (Phi) is 3.10. The number of aryl methyl sites for hydroxylation is 1. The van der Waals surface area contributed by atoms with Crippen LogP contribution in [0.3, 0.4) is 0 Å². The van der Waals surface area contributed by atoms with E-state index in [2.05, 4.69) is 9.97 Å². The number of benzene rings is 1. The Morgan fingerprint density at radius 2 is 2.15 bits per heavy atom. The Morgan fingerprint density at radius 3 is 2.95 bits per heavy atom. The zero-order chi connectivity index (χ0) is 14.1. The van der Waals surface area contributed by atoms with Crippen LogP contribution < -0.4 is 4.74 Å². The van der Waals surface area contributed by atoms with Crippen LogP contribution in [-0.4, -0.2) is 27.8 Å². The molecule has 1 aromatic heterocycles. The molecule has 1 aliphatic rings. The second-order valence-electron chi connectivity index (χ2n) is 4.78. The monoisotopic (exact) mass is 269 g/mol. The minimum Gasteiger partial charge on any atom is -0.439 e. The van der Waals surface area contributed by atoms with Gasteiger partial charge < -0.3 is 9.64 Å². The highest BCUT2D eigenvalue weighted by atomic mass is 16.5. The van der Waals surface area contributed by atoms with Gasteiger partial charge in [-0.15, -0.1) is 0 Å². The molecule has 0 bridgehead atoms. The lowest BCUT2D eigenvalue weighted by Gasteiger charge is -2.06. The van der Waals surface area contributed by atoms with E-state index < -0.39 is 0 Å². The van der Waals surface area contributed by atoms with Gasteiger partial charge in [0.1, 0.15) is 12.1 Å². The van der Waals surface area contributed by atoms with Crippen LogP contribution >= 0.6 is 0 Å². The van der Waals surface area contributed by atoms with E-state index in [1.54, 1.807) is 24.1 Å². The van der Waals surface area contributed by atoms with E-state index in [0.717, 1.165) is 23.2 Å². The molecule has 0 spiro atoms. The van der Waals surface area contributed by atoms with Gasteiger partial charge in [-0.05, 0) is 30.2 Å². The normalized spacial score (nSPS) is 13.5. The topological polar surface area (TPSA) is 55.3 Å². The van der Waals surface area contributed by atoms with E-state index in [1.165, 1.54) is 6.33 Å². The summed E-state index contributed by atoms with van der Waals surface area (Å²) >= 11 is 0. The highest BCUT2D eigenvalue weighted by Crippen LogP contribution is 2.28. The van der Waals surface area contributed by atoms with Crippen molar-refractivity contribution < 1.29 is 9.53 Å². The van der Waals surface area contributed by atoms with Crippen LogP contribution in [0.1, 0.15) is 28.5 Å². The number of rotatable bonds is 3. The van der Waals surface area contributed by atoms with Crippen LogP contribution in [0.15, 0.2) is 30.6 Å². The SMILES string of the molecule is CCc1cc(Oc2ccc3c(c2)CN(C)C3=O)ncn1. The molecule has 1 amide bonds. The average Bonchev–Trinajstić information content (AvgIpc) is 2.74. The Hall–Kier alpha value is -2.43. The molecular weight excluding hydrogens is 254 g/mol. The molecule has 2 heterocycles. The Morgan fingerprint density at radius 1 is 1.30 bits per heavy atom. The molecule has 1 aromatic carbocycles. The molecule has 5 heteroatoms. The maximum Gasteiger partial charge on any atom is 0.254 e. The molecule has 2 aromatic rings. The van der Waals surface area contributed by atoms with Gasteiger partial charge in [-0.2, -0.15) is 0 Å². The summed E-state index contributed by atoms with van der Waals surface area (Å²) in [6, 6.07) is 7.32. The number of amides is 1. The van der Waals surface area contributed by atoms with Gasteiger partial charge in [0.15, 0.2) is 0 Å². The fourth-order valence-electron chi connectivity index (χ4n) is 2.25. The van der Waals surface area contributed by atoms with Gasteiger partial charge in [0, 0.05) is 30.9 Å². The molecule has 0 N–H and O–H groups in total. The van der Waals surface area contributed by atoms with Gasteiger partial charge in [0.05, 0.1) is 0 Å². The number of carbonyl (C=O) groups is 1. The summed E-state index contributed by atoms with van der Waals surface area (Å²) in [6.45, 7) is 2.65. The number of aromatic nitrogens is 2. The van der Waals surface area contributed by atoms with E-state index in [1.807, 2.05) is 19.1 Å². The zero-order valence-electron chi connectivity index (χ0n) is 11.5. The second kappa shape index (κ2) is 4.92. The lowest BCUT2D eigenvalue weighted by Crippen LogP contribution is -2.17. The lowest BCUT2D eigenvalue weighted by molar-refractivity contribution is 0.0816. The van der Waals surface area contributed by atoms with Crippen molar-refractivity contribution in [3.8, 4) is 11.6 Å². The minimum atomic E-state index is 0.0573. The fourth-order valence-corrected chi connectivity index (χ4v) is 2.25. The van der Waals surface area contributed by atoms with Crippen LogP contribution in [0.2, 0.25) is 0 Å². The number of carbonyl (C=O) groups excluding carboxylic acids is 1. The van der Waals surface area contributed by atoms with Gasteiger partial charge in [-0.1, -0.05) is 6.92 Å². The molecule has 0 unspecified atom stereocenters. The third kappa shape index (κ3) is 2.22. The van der Waals surface area contributed by atoms with Crippen LogP contribution in [0, 0.1) is 0 Å². The van der Waals surface area contributed by atoms with Gasteiger partial charge in [0.25, 0.3) is 5.91 Å². The molecule has 0 atom stereocenters. The van der Waals surface area contributed by atoms with Crippen molar-refractivity contribution in [3.63, 3.8) is 0 Å². The molecule has 3 rings (SSSR count). The van der Waals surface area contributed by atoms with Crippen molar-refractivity contribution >= 4 is 5.91 Å². The van der Waals surface area contributed by atoms with Gasteiger partial charge in [0.2, 0.25) is 5.88 Å². The van der Waals surface area contributed by atoms with Crippen molar-refractivity contribution in [2.24, 2.45) is 0 Å². The maximum atomic E-state index is 11.8. The first-order valence-corrected chi connectivity index (χ1v) is 6.54. The number of nitrogens with zero attached hydrogens (tertiary/aromatic N) is 3. The quantitative estimate of drug-likeness (QED) is 0.858. The molecule has 0 saturated heterocycles. The van der Waals surface area contributed by atoms with E-state index >= 15 is 0 Å². The van der Waals surface area contributed by atoms with Crippen LogP contribution in [-0.2, 0) is 13.0 Å². The van der Waals surface area contributed by atoms with Gasteiger partial charge in [-0.25, -0.2) is 9.97 Å². The number of hydrogen-bond acceptors (Lipinski definition) is 4. The summed E-state index contributed by atoms with van der Waals surface area (Å²) in [6.07, 6.45) is 2.33. The van der Waals surface area contributed by atoms with Crippen LogP contribution in [0.25, 0.3) is 0 Å². The first kappa shape index (κ1) is 12.6. The van der Waals surface area contributed by atoms with E-state index in [4.69, 9.17) is 4.74 Å². The first-order valence-electron chi connectivity index (χ1n) is 6.54. The molecule has 0 aliphatic carbocycles. The van der Waals surface area contributed by atoms with Crippen molar-refractivity contribution in [2.45, 2.75) is 19.9 Å². The molecule has 102 valence electrons.